The molecule has 0 heterocycles. The minimum atomic E-state index is -0.437. The Hall–Kier alpha value is -1.65. The summed E-state index contributed by atoms with van der Waals surface area (Å²) in [6.45, 7) is 0.253. The van der Waals surface area contributed by atoms with E-state index in [-0.39, 0.29) is 18.0 Å². The number of halogens is 3. The molecule has 0 unspecified atom stereocenters. The molecule has 2 aromatic rings. The van der Waals surface area contributed by atoms with Crippen molar-refractivity contribution in [3.05, 3.63) is 51.8 Å². The van der Waals surface area contributed by atoms with E-state index in [2.05, 4.69) is 5.32 Å². The Labute approximate surface area is 125 Å². The van der Waals surface area contributed by atoms with E-state index in [1.165, 1.54) is 25.3 Å². The van der Waals surface area contributed by atoms with Crippen molar-refractivity contribution < 1.29 is 14.2 Å². The van der Waals surface area contributed by atoms with Crippen molar-refractivity contribution in [3.63, 3.8) is 0 Å². The Bertz CT molecular complexity index is 615. The van der Waals surface area contributed by atoms with Crippen LogP contribution in [0.4, 0.5) is 10.1 Å². The molecular weight excluding hydrogens is 304 g/mol. The molecule has 3 nitrogen and oxygen atoms in total. The number of benzene rings is 2. The summed E-state index contributed by atoms with van der Waals surface area (Å²) >= 11 is 11.7. The summed E-state index contributed by atoms with van der Waals surface area (Å²) in [5, 5.41) is 13.7. The quantitative estimate of drug-likeness (QED) is 0.875. The first-order valence-corrected chi connectivity index (χ1v) is 6.50. The smallest absolute Gasteiger partial charge is 0.162 e. The Morgan fingerprint density at radius 2 is 1.85 bits per heavy atom. The Morgan fingerprint density at radius 1 is 1.15 bits per heavy atom. The summed E-state index contributed by atoms with van der Waals surface area (Å²) in [6, 6.07) is 7.23. The minimum Gasteiger partial charge on any atom is -0.504 e. The van der Waals surface area contributed by atoms with Gasteiger partial charge < -0.3 is 15.2 Å². The number of phenols is 1. The van der Waals surface area contributed by atoms with E-state index in [4.69, 9.17) is 27.9 Å². The number of phenolic OH excluding ortho intramolecular Hbond substituents is 1. The third kappa shape index (κ3) is 3.46. The third-order valence-corrected chi connectivity index (χ3v) is 3.12. The molecule has 20 heavy (non-hydrogen) atoms. The summed E-state index contributed by atoms with van der Waals surface area (Å²) in [7, 11) is 1.44. The van der Waals surface area contributed by atoms with Crippen LogP contribution in [0.2, 0.25) is 10.0 Å². The fourth-order valence-corrected chi connectivity index (χ4v) is 2.22. The molecule has 0 bridgehead atoms. The van der Waals surface area contributed by atoms with E-state index in [1.807, 2.05) is 0 Å². The fourth-order valence-electron chi connectivity index (χ4n) is 1.77. The van der Waals surface area contributed by atoms with Crippen LogP contribution in [0.5, 0.6) is 11.5 Å². The van der Waals surface area contributed by atoms with Gasteiger partial charge in [0.05, 0.1) is 7.11 Å². The topological polar surface area (TPSA) is 41.5 Å². The number of rotatable bonds is 4. The van der Waals surface area contributed by atoms with Crippen LogP contribution >= 0.6 is 23.2 Å². The molecule has 0 aliphatic rings. The normalized spacial score (nSPS) is 10.4. The molecule has 0 saturated carbocycles. The van der Waals surface area contributed by atoms with Gasteiger partial charge in [0, 0.05) is 33.9 Å². The second-order valence-corrected chi connectivity index (χ2v) is 5.00. The van der Waals surface area contributed by atoms with E-state index < -0.39 is 5.82 Å². The van der Waals surface area contributed by atoms with Gasteiger partial charge in [-0.15, -0.1) is 0 Å². The average Bonchev–Trinajstić information content (AvgIpc) is 2.38. The molecule has 0 amide bonds. The summed E-state index contributed by atoms with van der Waals surface area (Å²) in [5.74, 6) is -0.161. The molecule has 0 fully saturated rings. The predicted octanol–water partition coefficient (Wildman–Crippen LogP) is 4.46. The van der Waals surface area contributed by atoms with Gasteiger partial charge in [-0.1, -0.05) is 23.2 Å². The highest BCUT2D eigenvalue weighted by Gasteiger charge is 2.10. The van der Waals surface area contributed by atoms with Crippen molar-refractivity contribution in [1.82, 2.24) is 0 Å². The van der Waals surface area contributed by atoms with Gasteiger partial charge in [-0.25, -0.2) is 4.39 Å². The number of nitrogens with one attached hydrogen (secondary N) is 1. The molecule has 0 spiro atoms. The van der Waals surface area contributed by atoms with Gasteiger partial charge in [0.1, 0.15) is 5.82 Å². The lowest BCUT2D eigenvalue weighted by Crippen LogP contribution is -2.01. The summed E-state index contributed by atoms with van der Waals surface area (Å²) < 4.78 is 18.2. The van der Waals surface area contributed by atoms with Crippen molar-refractivity contribution in [2.75, 3.05) is 12.4 Å². The Morgan fingerprint density at radius 3 is 2.50 bits per heavy atom. The van der Waals surface area contributed by atoms with Crippen LogP contribution in [0.15, 0.2) is 30.3 Å². The summed E-state index contributed by atoms with van der Waals surface area (Å²) in [5.41, 5.74) is 1.04. The molecule has 2 aromatic carbocycles. The van der Waals surface area contributed by atoms with Crippen molar-refractivity contribution in [2.24, 2.45) is 0 Å². The molecule has 0 aliphatic heterocycles. The van der Waals surface area contributed by atoms with Gasteiger partial charge in [0.2, 0.25) is 0 Å². The van der Waals surface area contributed by atoms with Gasteiger partial charge >= 0.3 is 0 Å². The van der Waals surface area contributed by atoms with E-state index in [0.717, 1.165) is 0 Å². The first-order chi connectivity index (χ1) is 9.49. The SMILES string of the molecule is COc1cc(Cl)cc(CNc2cc(F)cc(Cl)c2)c1O. The van der Waals surface area contributed by atoms with Gasteiger partial charge in [-0.05, 0) is 24.3 Å². The van der Waals surface area contributed by atoms with Crippen molar-refractivity contribution >= 4 is 28.9 Å². The zero-order valence-electron chi connectivity index (χ0n) is 10.6. The minimum absolute atomic E-state index is 0.00750. The van der Waals surface area contributed by atoms with Crippen molar-refractivity contribution in [1.29, 1.82) is 0 Å². The first kappa shape index (κ1) is 14.8. The highest BCUT2D eigenvalue weighted by molar-refractivity contribution is 6.31. The molecule has 0 atom stereocenters. The first-order valence-electron chi connectivity index (χ1n) is 5.75. The van der Waals surface area contributed by atoms with Gasteiger partial charge in [-0.3, -0.25) is 0 Å². The number of hydrogen-bond acceptors (Lipinski definition) is 3. The Balaban J connectivity index is 2.20. The van der Waals surface area contributed by atoms with E-state index >= 15 is 0 Å². The zero-order valence-corrected chi connectivity index (χ0v) is 12.1. The van der Waals surface area contributed by atoms with E-state index in [1.54, 1.807) is 12.1 Å². The molecule has 2 rings (SSSR count). The van der Waals surface area contributed by atoms with Crippen LogP contribution in [0, 0.1) is 5.82 Å². The molecule has 0 saturated heterocycles. The number of hydrogen-bond donors (Lipinski definition) is 2. The second kappa shape index (κ2) is 6.20. The van der Waals surface area contributed by atoms with Gasteiger partial charge in [0.25, 0.3) is 0 Å². The Kier molecular flexibility index (Phi) is 4.57. The molecule has 0 aliphatic carbocycles. The van der Waals surface area contributed by atoms with Crippen LogP contribution in [0.3, 0.4) is 0 Å². The number of methoxy groups -OCH3 is 1. The van der Waals surface area contributed by atoms with E-state index in [9.17, 15) is 9.50 Å². The van der Waals surface area contributed by atoms with Gasteiger partial charge in [0.15, 0.2) is 11.5 Å². The maximum absolute atomic E-state index is 13.2. The number of anilines is 1. The lowest BCUT2D eigenvalue weighted by atomic mass is 10.1. The standard InChI is InChI=1S/C14H12Cl2FNO2/c1-20-13-5-9(15)2-8(14(13)19)7-18-12-4-10(16)3-11(17)6-12/h2-6,18-19H,7H2,1H3. The zero-order chi connectivity index (χ0) is 14.7. The number of aromatic hydroxyl groups is 1. The van der Waals surface area contributed by atoms with Crippen LogP contribution in [-0.2, 0) is 6.54 Å². The van der Waals surface area contributed by atoms with Crippen molar-refractivity contribution in [2.45, 2.75) is 6.54 Å². The lowest BCUT2D eigenvalue weighted by molar-refractivity contribution is 0.371. The summed E-state index contributed by atoms with van der Waals surface area (Å²) in [4.78, 5) is 0. The van der Waals surface area contributed by atoms with Crippen LogP contribution in [0.25, 0.3) is 0 Å². The molecule has 2 N–H and O–H groups in total. The third-order valence-electron chi connectivity index (χ3n) is 2.68. The molecule has 0 radical (unpaired) electrons. The van der Waals surface area contributed by atoms with Crippen LogP contribution < -0.4 is 10.1 Å². The molecule has 0 aromatic heterocycles. The van der Waals surface area contributed by atoms with E-state index in [0.29, 0.717) is 21.3 Å². The molecule has 106 valence electrons. The predicted molar refractivity (Wildman–Crippen MR) is 78.4 cm³/mol. The maximum atomic E-state index is 13.2. The van der Waals surface area contributed by atoms with Crippen molar-refractivity contribution in [3.8, 4) is 11.5 Å². The monoisotopic (exact) mass is 315 g/mol. The fraction of sp³-hybridized carbons (Fsp3) is 0.143. The average molecular weight is 316 g/mol. The maximum Gasteiger partial charge on any atom is 0.162 e. The largest absolute Gasteiger partial charge is 0.504 e. The second-order valence-electron chi connectivity index (χ2n) is 4.13. The molecular formula is C14H12Cl2FNO2. The summed E-state index contributed by atoms with van der Waals surface area (Å²) in [6.07, 6.45) is 0. The van der Waals surface area contributed by atoms with Gasteiger partial charge in [-0.2, -0.15) is 0 Å². The lowest BCUT2D eigenvalue weighted by Gasteiger charge is -2.12. The van der Waals surface area contributed by atoms with Crippen LogP contribution in [-0.4, -0.2) is 12.2 Å². The highest BCUT2D eigenvalue weighted by Crippen LogP contribution is 2.33. The van der Waals surface area contributed by atoms with Crippen LogP contribution in [0.1, 0.15) is 5.56 Å². The highest BCUT2D eigenvalue weighted by atomic mass is 35.5. The number of ether oxygens (including phenoxy) is 1. The molecule has 6 heteroatoms.